The Labute approximate surface area is 221 Å². The number of rotatable bonds is 5. The zero-order valence-electron chi connectivity index (χ0n) is 20.1. The summed E-state index contributed by atoms with van der Waals surface area (Å²) >= 11 is 0. The van der Waals surface area contributed by atoms with Crippen LogP contribution < -0.4 is 0 Å². The summed E-state index contributed by atoms with van der Waals surface area (Å²) in [4.78, 5) is 13.4. The Morgan fingerprint density at radius 3 is 2.47 bits per heavy atom. The van der Waals surface area contributed by atoms with E-state index in [-0.39, 0.29) is 61.5 Å². The number of fused-ring (bicyclic) bond motifs is 5. The van der Waals surface area contributed by atoms with Gasteiger partial charge in [0, 0.05) is 50.0 Å². The summed E-state index contributed by atoms with van der Waals surface area (Å²) in [5.41, 5.74) is 1.77. The first-order valence-corrected chi connectivity index (χ1v) is 12.6. The smallest absolute Gasteiger partial charge is 0.159 e. The van der Waals surface area contributed by atoms with Crippen LogP contribution in [0.15, 0.2) is 11.6 Å². The first-order chi connectivity index (χ1) is 13.7. The SMILES string of the molecule is CC(C)CCCC(C)C1CCC2C3C(=O)C=C4CC(O)CC[C@]4(C)C3CC[C@]12C.[Ac]. The molecule has 2 nitrogen and oxygen atoms in total. The van der Waals surface area contributed by atoms with Crippen LogP contribution in [-0.2, 0) is 4.79 Å². The Hall–Kier alpha value is 0.812. The van der Waals surface area contributed by atoms with Crippen molar-refractivity contribution in [1.82, 2.24) is 0 Å². The van der Waals surface area contributed by atoms with Gasteiger partial charge in [-0.25, -0.2) is 0 Å². The van der Waals surface area contributed by atoms with Crippen LogP contribution in [0.1, 0.15) is 98.8 Å². The van der Waals surface area contributed by atoms with Crippen molar-refractivity contribution in [2.24, 2.45) is 46.3 Å². The van der Waals surface area contributed by atoms with Crippen molar-refractivity contribution in [2.45, 2.75) is 105 Å². The predicted octanol–water partition coefficient (Wildman–Crippen LogP) is 6.57. The number of ketones is 1. The molecule has 30 heavy (non-hydrogen) atoms. The minimum atomic E-state index is -0.241. The van der Waals surface area contributed by atoms with Gasteiger partial charge in [0.05, 0.1) is 6.10 Å². The van der Waals surface area contributed by atoms with E-state index in [1.807, 2.05) is 6.08 Å². The van der Waals surface area contributed by atoms with E-state index in [0.717, 1.165) is 37.0 Å². The topological polar surface area (TPSA) is 37.3 Å². The number of aliphatic hydroxyl groups excluding tert-OH is 1. The van der Waals surface area contributed by atoms with E-state index in [9.17, 15) is 9.90 Å². The third kappa shape index (κ3) is 4.32. The molecule has 0 bridgehead atoms. The maximum absolute atomic E-state index is 13.4. The normalized spacial score (nSPS) is 43.9. The number of carbonyl (C=O) groups is 1. The molecule has 0 heterocycles. The van der Waals surface area contributed by atoms with E-state index in [1.165, 1.54) is 50.5 Å². The molecule has 3 heteroatoms. The van der Waals surface area contributed by atoms with E-state index >= 15 is 0 Å². The number of aliphatic hydroxyl groups is 1. The third-order valence-corrected chi connectivity index (χ3v) is 10.1. The fourth-order valence-corrected chi connectivity index (χ4v) is 8.41. The van der Waals surface area contributed by atoms with Crippen molar-refractivity contribution in [3.05, 3.63) is 11.6 Å². The average molecular weight is 628 g/mol. The number of carbonyl (C=O) groups excluding carboxylic acids is 1. The Morgan fingerprint density at radius 1 is 1.03 bits per heavy atom. The molecule has 4 rings (SSSR count). The standard InChI is InChI=1S/C27H44O2.Ac/c1-17(2)7-6-8-18(3)21-9-10-22-25-23(12-14-27(21,22)5)26(4)13-11-20(28)15-19(26)16-24(25)29;/h16-18,20-23,25,28H,6-15H2,1-5H3;/t18?,20?,21?,22?,23?,25?,26-,27+;/m0./s1. The van der Waals surface area contributed by atoms with Gasteiger partial charge in [0.25, 0.3) is 0 Å². The van der Waals surface area contributed by atoms with E-state index < -0.39 is 0 Å². The van der Waals surface area contributed by atoms with Gasteiger partial charge in [-0.2, -0.15) is 0 Å². The Morgan fingerprint density at radius 2 is 1.77 bits per heavy atom. The Bertz CT molecular complexity index is 670. The molecule has 0 amide bonds. The summed E-state index contributed by atoms with van der Waals surface area (Å²) in [5.74, 6) is 4.11. The van der Waals surface area contributed by atoms with Gasteiger partial charge in [0.2, 0.25) is 0 Å². The minimum Gasteiger partial charge on any atom is -0.393 e. The summed E-state index contributed by atoms with van der Waals surface area (Å²) in [7, 11) is 0. The molecule has 4 aliphatic rings. The quantitative estimate of drug-likeness (QED) is 0.375. The third-order valence-electron chi connectivity index (χ3n) is 10.1. The van der Waals surface area contributed by atoms with Crippen LogP contribution >= 0.6 is 0 Å². The fraction of sp³-hybridized carbons (Fsp3) is 0.889. The maximum atomic E-state index is 13.4. The molecule has 1 N–H and O–H groups in total. The van der Waals surface area contributed by atoms with Gasteiger partial charge in [-0.15, -0.1) is 0 Å². The van der Waals surface area contributed by atoms with E-state index in [1.54, 1.807) is 0 Å². The minimum absolute atomic E-state index is 0. The number of hydrogen-bond acceptors (Lipinski definition) is 2. The fourth-order valence-electron chi connectivity index (χ4n) is 8.41. The summed E-state index contributed by atoms with van der Waals surface area (Å²) < 4.78 is 0. The summed E-state index contributed by atoms with van der Waals surface area (Å²) in [6, 6.07) is 0. The van der Waals surface area contributed by atoms with Gasteiger partial charge in [-0.1, -0.05) is 59.5 Å². The molecule has 0 aromatic carbocycles. The van der Waals surface area contributed by atoms with Crippen molar-refractivity contribution in [1.29, 1.82) is 0 Å². The van der Waals surface area contributed by atoms with Gasteiger partial charge in [-0.05, 0) is 91.4 Å². The molecule has 6 unspecified atom stereocenters. The molecule has 0 saturated heterocycles. The largest absolute Gasteiger partial charge is 0.393 e. The van der Waals surface area contributed by atoms with Crippen molar-refractivity contribution in [3.63, 3.8) is 0 Å². The monoisotopic (exact) mass is 627 g/mol. The van der Waals surface area contributed by atoms with E-state index in [2.05, 4.69) is 34.6 Å². The Balaban J connectivity index is 0.00000256. The van der Waals surface area contributed by atoms with Crippen LogP contribution in [0.5, 0.6) is 0 Å². The average Bonchev–Trinajstić information content (AvgIpc) is 3.00. The van der Waals surface area contributed by atoms with Gasteiger partial charge in [-0.3, -0.25) is 4.79 Å². The number of hydrogen-bond donors (Lipinski definition) is 1. The molecule has 4 aliphatic carbocycles. The first kappa shape index (κ1) is 25.4. The molecule has 0 aromatic heterocycles. The van der Waals surface area contributed by atoms with E-state index in [4.69, 9.17) is 0 Å². The van der Waals surface area contributed by atoms with Crippen molar-refractivity contribution < 1.29 is 54.0 Å². The molecule has 3 fully saturated rings. The molecular weight excluding hydrogens is 583 g/mol. The van der Waals surface area contributed by atoms with E-state index in [0.29, 0.717) is 23.0 Å². The second-order valence-corrected chi connectivity index (χ2v) is 12.2. The molecule has 0 aromatic rings. The molecule has 1 radical (unpaired) electrons. The van der Waals surface area contributed by atoms with Gasteiger partial charge < -0.3 is 5.11 Å². The molecule has 8 atom stereocenters. The molecule has 167 valence electrons. The zero-order chi connectivity index (χ0) is 21.0. The second-order valence-electron chi connectivity index (χ2n) is 12.2. The van der Waals surface area contributed by atoms with Crippen LogP contribution in [0.25, 0.3) is 0 Å². The summed E-state index contributed by atoms with van der Waals surface area (Å²) in [5, 5.41) is 10.2. The first-order valence-electron chi connectivity index (χ1n) is 12.6. The van der Waals surface area contributed by atoms with Crippen LogP contribution in [0.3, 0.4) is 0 Å². The Kier molecular flexibility index (Phi) is 8.13. The van der Waals surface area contributed by atoms with Crippen molar-refractivity contribution in [3.8, 4) is 0 Å². The van der Waals surface area contributed by atoms with Crippen LogP contribution in [0.4, 0.5) is 0 Å². The molecule has 0 aliphatic heterocycles. The number of allylic oxidation sites excluding steroid dienone is 1. The molecular formula is C27H44AcO2. The zero-order valence-corrected chi connectivity index (χ0v) is 24.9. The van der Waals surface area contributed by atoms with Crippen molar-refractivity contribution >= 4 is 5.78 Å². The summed E-state index contributed by atoms with van der Waals surface area (Å²) in [6.45, 7) is 12.1. The van der Waals surface area contributed by atoms with Crippen LogP contribution in [0, 0.1) is 90.4 Å². The van der Waals surface area contributed by atoms with Crippen molar-refractivity contribution in [2.75, 3.05) is 0 Å². The molecule has 0 spiro atoms. The predicted molar refractivity (Wildman–Crippen MR) is 119 cm³/mol. The van der Waals surface area contributed by atoms with Gasteiger partial charge in [0.15, 0.2) is 5.78 Å². The van der Waals surface area contributed by atoms with Crippen LogP contribution in [-0.4, -0.2) is 17.0 Å². The molecule has 3 saturated carbocycles. The van der Waals surface area contributed by atoms with Gasteiger partial charge >= 0.3 is 0 Å². The van der Waals surface area contributed by atoms with Crippen LogP contribution in [0.2, 0.25) is 0 Å². The summed E-state index contributed by atoms with van der Waals surface area (Å²) in [6.07, 6.45) is 13.6. The maximum Gasteiger partial charge on any atom is 0.159 e. The second kappa shape index (κ2) is 9.59. The van der Waals surface area contributed by atoms with Gasteiger partial charge in [0.1, 0.15) is 0 Å².